The molecule has 7 heteroatoms. The number of rotatable bonds is 3. The lowest BCUT2D eigenvalue weighted by Gasteiger charge is -2.02. The molecule has 1 saturated heterocycles. The lowest BCUT2D eigenvalue weighted by atomic mass is 9.77. The first-order valence-electron chi connectivity index (χ1n) is 6.61. The molecule has 5 nitrogen and oxygen atoms in total. The first kappa shape index (κ1) is 17.8. The number of halogens is 1. The second kappa shape index (κ2) is 8.91. The van der Waals surface area contributed by atoms with Crippen molar-refractivity contribution < 1.29 is 18.9 Å². The predicted molar refractivity (Wildman–Crippen MR) is 83.0 cm³/mol. The van der Waals surface area contributed by atoms with E-state index in [-0.39, 0.29) is 5.82 Å². The van der Waals surface area contributed by atoms with Crippen LogP contribution in [0.1, 0.15) is 12.5 Å². The van der Waals surface area contributed by atoms with Crippen molar-refractivity contribution in [1.29, 1.82) is 0 Å². The van der Waals surface area contributed by atoms with E-state index in [1.54, 1.807) is 26.0 Å². The van der Waals surface area contributed by atoms with Crippen molar-refractivity contribution in [1.82, 2.24) is 10.3 Å². The van der Waals surface area contributed by atoms with Gasteiger partial charge in [-0.2, -0.15) is 0 Å². The van der Waals surface area contributed by atoms with Gasteiger partial charge in [0.25, 0.3) is 0 Å². The third kappa shape index (κ3) is 5.27. The number of nitrogens with one attached hydrogen (secondary N) is 1. The lowest BCUT2D eigenvalue weighted by molar-refractivity contribution is -0.108. The lowest BCUT2D eigenvalue weighted by Crippen LogP contribution is -2.15. The summed E-state index contributed by atoms with van der Waals surface area (Å²) in [5, 5.41) is 11.9. The molecule has 0 unspecified atom stereocenters. The van der Waals surface area contributed by atoms with Crippen LogP contribution in [-0.2, 0) is 9.45 Å². The zero-order chi connectivity index (χ0) is 16.5. The van der Waals surface area contributed by atoms with Crippen LogP contribution in [0.3, 0.4) is 0 Å². The minimum Gasteiger partial charge on any atom is -0.423 e. The third-order valence-electron chi connectivity index (χ3n) is 2.89. The number of allylic oxidation sites excluding steroid dienone is 2. The number of pyridine rings is 1. The largest absolute Gasteiger partial charge is 0.491 e. The van der Waals surface area contributed by atoms with Crippen LogP contribution in [0, 0.1) is 12.7 Å². The molecule has 0 bridgehead atoms. The van der Waals surface area contributed by atoms with Crippen LogP contribution >= 0.6 is 0 Å². The van der Waals surface area contributed by atoms with Gasteiger partial charge in [-0.25, -0.2) is 4.39 Å². The number of hydrogen-bond acceptors (Lipinski definition) is 4. The molecule has 1 amide bonds. The van der Waals surface area contributed by atoms with Gasteiger partial charge in [-0.05, 0) is 37.0 Å². The fourth-order valence-corrected chi connectivity index (χ4v) is 1.60. The number of carbonyl (C=O) groups is 1. The van der Waals surface area contributed by atoms with Gasteiger partial charge in [-0.15, -0.1) is 0 Å². The molecule has 0 saturated carbocycles. The average molecular weight is 304 g/mol. The quantitative estimate of drug-likeness (QED) is 0.658. The SMILES string of the molecule is C=C1COB(O)/C1=C/C(=C\C)NC=O.Cc1cnccc1F. The van der Waals surface area contributed by atoms with E-state index >= 15 is 0 Å². The molecule has 2 N–H and O–H groups in total. The normalized spacial score (nSPS) is 16.4. The number of hydrogen-bond donors (Lipinski definition) is 2. The summed E-state index contributed by atoms with van der Waals surface area (Å²) in [6, 6.07) is 1.34. The molecule has 116 valence electrons. The molecule has 0 radical (unpaired) electrons. The molecule has 2 rings (SSSR count). The number of carbonyl (C=O) groups excluding carboxylic acids is 1. The minimum absolute atomic E-state index is 0.194. The van der Waals surface area contributed by atoms with Gasteiger partial charge in [0.2, 0.25) is 6.41 Å². The average Bonchev–Trinajstić information content (AvgIpc) is 2.82. The third-order valence-corrected chi connectivity index (χ3v) is 2.89. The van der Waals surface area contributed by atoms with Crippen molar-refractivity contribution >= 4 is 13.5 Å². The first-order chi connectivity index (χ1) is 10.5. The highest BCUT2D eigenvalue weighted by Crippen LogP contribution is 2.20. The van der Waals surface area contributed by atoms with Crippen molar-refractivity contribution in [2.75, 3.05) is 6.61 Å². The summed E-state index contributed by atoms with van der Waals surface area (Å²) in [6.45, 7) is 7.53. The van der Waals surface area contributed by atoms with Crippen LogP contribution < -0.4 is 5.32 Å². The molecule has 0 spiro atoms. The van der Waals surface area contributed by atoms with E-state index in [1.165, 1.54) is 18.5 Å². The molecule has 1 aliphatic rings. The molecule has 22 heavy (non-hydrogen) atoms. The molecule has 0 atom stereocenters. The van der Waals surface area contributed by atoms with Crippen molar-refractivity contribution in [3.05, 3.63) is 65.3 Å². The van der Waals surface area contributed by atoms with Crippen molar-refractivity contribution in [3.8, 4) is 0 Å². The number of aryl methyl sites for hydroxylation is 1. The van der Waals surface area contributed by atoms with Gasteiger partial charge in [0.1, 0.15) is 5.82 Å². The Hall–Kier alpha value is -2.25. The standard InChI is InChI=1S/C9H12BNO3.C6H6FN/c1-3-8(11-6-12)4-9-7(2)5-14-10(9)13;1-5-4-8-3-2-6(5)7/h3-4,6,13H,2,5H2,1H3,(H,11,12);2-4H,1H3/b8-3+,9-4+;. The molecule has 1 aromatic rings. The van der Waals surface area contributed by atoms with E-state index in [0.717, 1.165) is 5.57 Å². The molecule has 0 aliphatic carbocycles. The van der Waals surface area contributed by atoms with Crippen LogP contribution in [0.5, 0.6) is 0 Å². The fourth-order valence-electron chi connectivity index (χ4n) is 1.60. The molecule has 1 aromatic heterocycles. The maximum atomic E-state index is 12.3. The van der Waals surface area contributed by atoms with Crippen molar-refractivity contribution in [3.63, 3.8) is 0 Å². The Kier molecular flexibility index (Phi) is 7.21. The van der Waals surface area contributed by atoms with Crippen LogP contribution in [0.4, 0.5) is 4.39 Å². The van der Waals surface area contributed by atoms with Gasteiger partial charge in [0.05, 0.1) is 6.61 Å². The predicted octanol–water partition coefficient (Wildman–Crippen LogP) is 1.70. The first-order valence-corrected chi connectivity index (χ1v) is 6.61. The molecule has 2 heterocycles. The van der Waals surface area contributed by atoms with Gasteiger partial charge < -0.3 is 15.0 Å². The number of aromatic nitrogens is 1. The smallest absolute Gasteiger partial charge is 0.423 e. The monoisotopic (exact) mass is 304 g/mol. The Morgan fingerprint density at radius 1 is 1.64 bits per heavy atom. The summed E-state index contributed by atoms with van der Waals surface area (Å²) >= 11 is 0. The molecule has 1 aliphatic heterocycles. The maximum Gasteiger partial charge on any atom is 0.491 e. The summed E-state index contributed by atoms with van der Waals surface area (Å²) in [4.78, 5) is 13.9. The van der Waals surface area contributed by atoms with Crippen LogP contribution in [0.15, 0.2) is 53.9 Å². The van der Waals surface area contributed by atoms with Crippen LogP contribution in [-0.4, -0.2) is 30.1 Å². The van der Waals surface area contributed by atoms with E-state index in [1.807, 2.05) is 0 Å². The van der Waals surface area contributed by atoms with E-state index in [9.17, 15) is 14.2 Å². The highest BCUT2D eigenvalue weighted by molar-refractivity contribution is 6.55. The second-order valence-corrected chi connectivity index (χ2v) is 4.50. The van der Waals surface area contributed by atoms with Gasteiger partial charge in [0, 0.05) is 23.7 Å². The van der Waals surface area contributed by atoms with E-state index < -0.39 is 7.12 Å². The Morgan fingerprint density at radius 2 is 2.36 bits per heavy atom. The summed E-state index contributed by atoms with van der Waals surface area (Å²) in [5.74, 6) is -0.194. The van der Waals surface area contributed by atoms with Gasteiger partial charge in [0.15, 0.2) is 0 Å². The van der Waals surface area contributed by atoms with Crippen LogP contribution in [0.25, 0.3) is 0 Å². The summed E-state index contributed by atoms with van der Waals surface area (Å²) < 4.78 is 17.2. The van der Waals surface area contributed by atoms with Crippen molar-refractivity contribution in [2.45, 2.75) is 13.8 Å². The second-order valence-electron chi connectivity index (χ2n) is 4.50. The topological polar surface area (TPSA) is 71.5 Å². The number of amides is 1. The molecule has 1 fully saturated rings. The molecule has 0 aromatic carbocycles. The Balaban J connectivity index is 0.000000255. The Bertz CT molecular complexity index is 581. The van der Waals surface area contributed by atoms with Crippen molar-refractivity contribution in [2.24, 2.45) is 0 Å². The van der Waals surface area contributed by atoms with Gasteiger partial charge >= 0.3 is 7.12 Å². The minimum atomic E-state index is -0.939. The fraction of sp³-hybridized carbons (Fsp3) is 0.200. The molecular formula is C15H18BFN2O3. The number of nitrogens with zero attached hydrogens (tertiary/aromatic N) is 1. The van der Waals surface area contributed by atoms with E-state index in [0.29, 0.717) is 29.7 Å². The Morgan fingerprint density at radius 3 is 2.77 bits per heavy atom. The Labute approximate surface area is 129 Å². The zero-order valence-corrected chi connectivity index (χ0v) is 12.5. The highest BCUT2D eigenvalue weighted by atomic mass is 19.1. The zero-order valence-electron chi connectivity index (χ0n) is 12.5. The van der Waals surface area contributed by atoms with E-state index in [4.69, 9.17) is 4.65 Å². The van der Waals surface area contributed by atoms with Gasteiger partial charge in [-0.3, -0.25) is 9.78 Å². The maximum absolute atomic E-state index is 12.3. The summed E-state index contributed by atoms with van der Waals surface area (Å²) in [7, 11) is -0.939. The molecular weight excluding hydrogens is 286 g/mol. The van der Waals surface area contributed by atoms with Gasteiger partial charge in [-0.1, -0.05) is 12.7 Å². The van der Waals surface area contributed by atoms with E-state index in [2.05, 4.69) is 16.9 Å². The highest BCUT2D eigenvalue weighted by Gasteiger charge is 2.29. The summed E-state index contributed by atoms with van der Waals surface area (Å²) in [5.41, 5.74) is 2.53. The summed E-state index contributed by atoms with van der Waals surface area (Å²) in [6.07, 6.45) is 6.88. The van der Waals surface area contributed by atoms with Crippen LogP contribution in [0.2, 0.25) is 0 Å².